The van der Waals surface area contributed by atoms with Gasteiger partial charge in [0.05, 0.1) is 5.69 Å². The molecule has 0 radical (unpaired) electrons. The van der Waals surface area contributed by atoms with E-state index in [9.17, 15) is 0 Å². The minimum atomic E-state index is 0.491. The van der Waals surface area contributed by atoms with Gasteiger partial charge in [-0.2, -0.15) is 0 Å². The number of hydrogen-bond donors (Lipinski definition) is 1. The van der Waals surface area contributed by atoms with Crippen molar-refractivity contribution < 1.29 is 0 Å². The fourth-order valence-electron chi connectivity index (χ4n) is 1.36. The average molecular weight is 357 g/mol. The van der Waals surface area contributed by atoms with Crippen LogP contribution in [0.3, 0.4) is 0 Å². The third-order valence-electron chi connectivity index (χ3n) is 2.23. The zero-order valence-electron chi connectivity index (χ0n) is 8.90. The van der Waals surface area contributed by atoms with Crippen LogP contribution in [-0.4, -0.2) is 5.84 Å². The first-order valence-electron chi connectivity index (χ1n) is 5.01. The monoisotopic (exact) mass is 356 g/mol. The maximum absolute atomic E-state index is 5.95. The number of nitrogens with two attached hydrogens (primary N) is 1. The van der Waals surface area contributed by atoms with Gasteiger partial charge in [0.15, 0.2) is 0 Å². The number of rotatable bonds is 2. The summed E-state index contributed by atoms with van der Waals surface area (Å²) >= 11 is 8.05. The van der Waals surface area contributed by atoms with Crippen molar-refractivity contribution in [3.63, 3.8) is 0 Å². The number of halogens is 2. The highest BCUT2D eigenvalue weighted by atomic mass is 127. The lowest BCUT2D eigenvalue weighted by atomic mass is 10.2. The minimum Gasteiger partial charge on any atom is -0.383 e. The van der Waals surface area contributed by atoms with Gasteiger partial charge in [-0.05, 0) is 59.0 Å². The molecule has 2 nitrogen and oxygen atoms in total. The van der Waals surface area contributed by atoms with Gasteiger partial charge in [-0.15, -0.1) is 0 Å². The summed E-state index contributed by atoms with van der Waals surface area (Å²) in [6.07, 6.45) is 0. The van der Waals surface area contributed by atoms with E-state index < -0.39 is 0 Å². The van der Waals surface area contributed by atoms with Crippen LogP contribution in [-0.2, 0) is 0 Å². The van der Waals surface area contributed by atoms with Crippen molar-refractivity contribution in [1.82, 2.24) is 0 Å². The second-order valence-electron chi connectivity index (χ2n) is 3.46. The first-order chi connectivity index (χ1) is 8.16. The van der Waals surface area contributed by atoms with Crippen LogP contribution < -0.4 is 5.73 Å². The fourth-order valence-corrected chi connectivity index (χ4v) is 1.99. The normalized spacial score (nSPS) is 11.5. The van der Waals surface area contributed by atoms with E-state index in [1.54, 1.807) is 12.1 Å². The number of hydrogen-bond acceptors (Lipinski definition) is 1. The van der Waals surface area contributed by atoms with Crippen molar-refractivity contribution in [2.75, 3.05) is 0 Å². The van der Waals surface area contributed by atoms with E-state index >= 15 is 0 Å². The Morgan fingerprint density at radius 3 is 2.35 bits per heavy atom. The van der Waals surface area contributed by atoms with Gasteiger partial charge in [-0.1, -0.05) is 23.7 Å². The van der Waals surface area contributed by atoms with E-state index in [1.165, 1.54) is 0 Å². The van der Waals surface area contributed by atoms with Crippen LogP contribution >= 0.6 is 34.2 Å². The molecule has 0 bridgehead atoms. The molecule has 86 valence electrons. The van der Waals surface area contributed by atoms with Gasteiger partial charge in [-0.25, -0.2) is 4.99 Å². The second kappa shape index (κ2) is 5.51. The lowest BCUT2D eigenvalue weighted by Gasteiger charge is -2.02. The van der Waals surface area contributed by atoms with Crippen LogP contribution in [0.5, 0.6) is 0 Å². The molecule has 0 aliphatic heterocycles. The van der Waals surface area contributed by atoms with E-state index in [0.717, 1.165) is 14.8 Å². The van der Waals surface area contributed by atoms with Gasteiger partial charge in [0, 0.05) is 14.2 Å². The van der Waals surface area contributed by atoms with Gasteiger partial charge in [0.1, 0.15) is 5.84 Å². The van der Waals surface area contributed by atoms with Crippen LogP contribution in [0.2, 0.25) is 5.02 Å². The quantitative estimate of drug-likeness (QED) is 0.493. The smallest absolute Gasteiger partial charge is 0.131 e. The van der Waals surface area contributed by atoms with Crippen LogP contribution in [0.4, 0.5) is 5.69 Å². The van der Waals surface area contributed by atoms with Crippen molar-refractivity contribution in [2.45, 2.75) is 0 Å². The van der Waals surface area contributed by atoms with Gasteiger partial charge in [-0.3, -0.25) is 0 Å². The summed E-state index contributed by atoms with van der Waals surface area (Å²) in [5, 5.41) is 0.691. The lowest BCUT2D eigenvalue weighted by molar-refractivity contribution is 1.43. The van der Waals surface area contributed by atoms with Crippen molar-refractivity contribution in [3.8, 4) is 0 Å². The Kier molecular flexibility index (Phi) is 4.02. The lowest BCUT2D eigenvalue weighted by Crippen LogP contribution is -2.12. The summed E-state index contributed by atoms with van der Waals surface area (Å²) in [4.78, 5) is 4.40. The molecule has 0 heterocycles. The molecule has 0 atom stereocenters. The number of nitrogens with zero attached hydrogens (tertiary/aromatic N) is 1. The first kappa shape index (κ1) is 12.4. The summed E-state index contributed by atoms with van der Waals surface area (Å²) in [5.41, 5.74) is 7.69. The summed E-state index contributed by atoms with van der Waals surface area (Å²) in [5.74, 6) is 0.491. The summed E-state index contributed by atoms with van der Waals surface area (Å²) in [7, 11) is 0. The molecule has 0 aliphatic rings. The molecule has 0 spiro atoms. The predicted octanol–water partition coefficient (Wildman–Crippen LogP) is 3.98. The highest BCUT2D eigenvalue weighted by Crippen LogP contribution is 2.21. The third kappa shape index (κ3) is 3.20. The number of amidine groups is 1. The molecule has 0 unspecified atom stereocenters. The van der Waals surface area contributed by atoms with E-state index in [-0.39, 0.29) is 0 Å². The molecule has 0 aromatic heterocycles. The van der Waals surface area contributed by atoms with Crippen LogP contribution in [0.1, 0.15) is 5.56 Å². The molecule has 2 rings (SSSR count). The largest absolute Gasteiger partial charge is 0.383 e. The molecular weight excluding hydrogens is 347 g/mol. The summed E-state index contributed by atoms with van der Waals surface area (Å²) < 4.78 is 1.07. The van der Waals surface area contributed by atoms with E-state index in [2.05, 4.69) is 27.6 Å². The Labute approximate surface area is 119 Å². The molecule has 0 amide bonds. The Morgan fingerprint density at radius 1 is 1.06 bits per heavy atom. The molecule has 4 heteroatoms. The van der Waals surface area contributed by atoms with Gasteiger partial charge in [0.2, 0.25) is 0 Å². The molecule has 0 aliphatic carbocycles. The van der Waals surface area contributed by atoms with E-state index in [0.29, 0.717) is 10.9 Å². The molecule has 17 heavy (non-hydrogen) atoms. The number of para-hydroxylation sites is 1. The Bertz CT molecular complexity index is 550. The highest BCUT2D eigenvalue weighted by Gasteiger charge is 2.01. The van der Waals surface area contributed by atoms with E-state index in [4.69, 9.17) is 17.3 Å². The number of aliphatic imine (C=N–C) groups is 1. The highest BCUT2D eigenvalue weighted by molar-refractivity contribution is 14.1. The van der Waals surface area contributed by atoms with Crippen molar-refractivity contribution in [3.05, 3.63) is 62.7 Å². The van der Waals surface area contributed by atoms with Crippen molar-refractivity contribution in [2.24, 2.45) is 10.7 Å². The maximum atomic E-state index is 5.95. The maximum Gasteiger partial charge on any atom is 0.131 e. The van der Waals surface area contributed by atoms with Crippen molar-refractivity contribution in [1.29, 1.82) is 0 Å². The standard InChI is InChI=1S/C13H10ClIN2/c14-10-7-5-9(6-8-10)13(16)17-12-4-2-1-3-11(12)15/h1-8H,(H2,16,17). The fraction of sp³-hybridized carbons (Fsp3) is 0. The Morgan fingerprint density at radius 2 is 1.71 bits per heavy atom. The van der Waals surface area contributed by atoms with E-state index in [1.807, 2.05) is 36.4 Å². The average Bonchev–Trinajstić information content (AvgIpc) is 2.33. The van der Waals surface area contributed by atoms with Gasteiger partial charge >= 0.3 is 0 Å². The Balaban J connectivity index is 2.34. The van der Waals surface area contributed by atoms with Crippen molar-refractivity contribution >= 4 is 45.7 Å². The predicted molar refractivity (Wildman–Crippen MR) is 81.0 cm³/mol. The summed E-state index contributed by atoms with van der Waals surface area (Å²) in [6, 6.07) is 15.2. The number of benzene rings is 2. The second-order valence-corrected chi connectivity index (χ2v) is 5.05. The van der Waals surface area contributed by atoms with Crippen LogP contribution in [0.15, 0.2) is 53.5 Å². The third-order valence-corrected chi connectivity index (χ3v) is 3.40. The minimum absolute atomic E-state index is 0.491. The molecule has 0 fully saturated rings. The van der Waals surface area contributed by atoms with Crippen LogP contribution in [0.25, 0.3) is 0 Å². The SMILES string of the molecule is NC(=Nc1ccccc1I)c1ccc(Cl)cc1. The van der Waals surface area contributed by atoms with Gasteiger partial charge in [0.25, 0.3) is 0 Å². The zero-order valence-corrected chi connectivity index (χ0v) is 11.8. The summed E-state index contributed by atoms with van der Waals surface area (Å²) in [6.45, 7) is 0. The molecule has 2 aromatic rings. The van der Waals surface area contributed by atoms with Crippen LogP contribution in [0, 0.1) is 3.57 Å². The zero-order chi connectivity index (χ0) is 12.3. The topological polar surface area (TPSA) is 38.4 Å². The first-order valence-corrected chi connectivity index (χ1v) is 6.47. The molecule has 0 saturated heterocycles. The molecular formula is C13H10ClIN2. The molecule has 0 saturated carbocycles. The molecule has 2 aromatic carbocycles. The Hall–Kier alpha value is -1.07. The van der Waals surface area contributed by atoms with Gasteiger partial charge < -0.3 is 5.73 Å². The molecule has 2 N–H and O–H groups in total.